The molecule has 0 radical (unpaired) electrons. The molecule has 11 heavy (non-hydrogen) atoms. The summed E-state index contributed by atoms with van der Waals surface area (Å²) < 4.78 is 0. The molecule has 0 unspecified atom stereocenters. The van der Waals surface area contributed by atoms with Gasteiger partial charge in [0.25, 0.3) is 0 Å². The van der Waals surface area contributed by atoms with E-state index in [0.717, 1.165) is 18.7 Å². The third-order valence-corrected chi connectivity index (χ3v) is 1.36. The van der Waals surface area contributed by atoms with Crippen LogP contribution >= 0.6 is 24.0 Å². The van der Waals surface area contributed by atoms with Gasteiger partial charge in [0.05, 0.1) is 0 Å². The van der Waals surface area contributed by atoms with Crippen molar-refractivity contribution in [1.29, 1.82) is 0 Å². The van der Waals surface area contributed by atoms with Crippen LogP contribution in [0.2, 0.25) is 0 Å². The Balaban J connectivity index is 0.000001000. The second-order valence-electron chi connectivity index (χ2n) is 2.17. The molecule has 1 aromatic rings. The van der Waals surface area contributed by atoms with Crippen molar-refractivity contribution in [3.63, 3.8) is 0 Å². The van der Waals surface area contributed by atoms with E-state index in [-0.39, 0.29) is 24.0 Å². The molecule has 1 N–H and O–H groups in total. The summed E-state index contributed by atoms with van der Waals surface area (Å²) in [5, 5.41) is 3.08. The largest absolute Gasteiger partial charge is 0.319 e. The van der Waals surface area contributed by atoms with Crippen molar-refractivity contribution in [2.45, 2.75) is 6.42 Å². The van der Waals surface area contributed by atoms with Gasteiger partial charge >= 0.3 is 0 Å². The molecule has 0 aromatic carbocycles. The van der Waals surface area contributed by atoms with Gasteiger partial charge in [-0.15, -0.1) is 24.0 Å². The molecule has 0 aliphatic carbocycles. The minimum absolute atomic E-state index is 0. The first kappa shape index (κ1) is 10.8. The van der Waals surface area contributed by atoms with Crippen LogP contribution in [0.5, 0.6) is 0 Å². The lowest BCUT2D eigenvalue weighted by Crippen LogP contribution is -2.10. The molecule has 0 saturated heterocycles. The summed E-state index contributed by atoms with van der Waals surface area (Å²) in [7, 11) is 1.95. The minimum Gasteiger partial charge on any atom is -0.319 e. The highest BCUT2D eigenvalue weighted by atomic mass is 127. The number of pyridine rings is 1. The third-order valence-electron chi connectivity index (χ3n) is 1.36. The number of likely N-dealkylation sites (N-methyl/N-ethyl adjacent to an activating group) is 1. The smallest absolute Gasteiger partial charge is 0.0416 e. The quantitative estimate of drug-likeness (QED) is 0.836. The lowest BCUT2D eigenvalue weighted by atomic mass is 10.3. The van der Waals surface area contributed by atoms with Crippen molar-refractivity contribution in [3.8, 4) is 0 Å². The highest BCUT2D eigenvalue weighted by Crippen LogP contribution is 1.92. The molecular formula is C8H13IN2. The fourth-order valence-electron chi connectivity index (χ4n) is 0.799. The summed E-state index contributed by atoms with van der Waals surface area (Å²) in [4.78, 5) is 4.18. The van der Waals surface area contributed by atoms with Crippen LogP contribution in [0.3, 0.4) is 0 Å². The second-order valence-corrected chi connectivity index (χ2v) is 2.17. The number of nitrogens with zero attached hydrogens (tertiary/aromatic N) is 1. The predicted octanol–water partition coefficient (Wildman–Crippen LogP) is 1.46. The average molecular weight is 264 g/mol. The van der Waals surface area contributed by atoms with Crippen molar-refractivity contribution < 1.29 is 0 Å². The van der Waals surface area contributed by atoms with E-state index in [1.165, 1.54) is 0 Å². The van der Waals surface area contributed by atoms with E-state index in [4.69, 9.17) is 0 Å². The van der Waals surface area contributed by atoms with Gasteiger partial charge in [-0.3, -0.25) is 4.98 Å². The van der Waals surface area contributed by atoms with Gasteiger partial charge in [0.1, 0.15) is 0 Å². The van der Waals surface area contributed by atoms with Gasteiger partial charge in [-0.2, -0.15) is 0 Å². The summed E-state index contributed by atoms with van der Waals surface area (Å²) in [6.07, 6.45) is 2.84. The second kappa shape index (κ2) is 6.54. The first-order chi connectivity index (χ1) is 4.93. The van der Waals surface area contributed by atoms with E-state index in [1.54, 1.807) is 0 Å². The van der Waals surface area contributed by atoms with Crippen molar-refractivity contribution in [2.24, 2.45) is 0 Å². The molecule has 1 rings (SSSR count). The van der Waals surface area contributed by atoms with Crippen LogP contribution in [0.4, 0.5) is 0 Å². The Morgan fingerprint density at radius 2 is 2.27 bits per heavy atom. The van der Waals surface area contributed by atoms with E-state index < -0.39 is 0 Å². The Kier molecular flexibility index (Phi) is 6.45. The monoisotopic (exact) mass is 264 g/mol. The SMILES string of the molecule is CNCCc1ccccn1.I. The standard InChI is InChI=1S/C8H12N2.HI/c1-9-7-5-8-4-2-3-6-10-8;/h2-4,6,9H,5,7H2,1H3;1H. The molecule has 62 valence electrons. The number of hydrogen-bond acceptors (Lipinski definition) is 2. The molecule has 1 aromatic heterocycles. The number of rotatable bonds is 3. The third kappa shape index (κ3) is 4.31. The van der Waals surface area contributed by atoms with E-state index in [2.05, 4.69) is 10.3 Å². The molecule has 2 nitrogen and oxygen atoms in total. The molecule has 0 bridgehead atoms. The van der Waals surface area contributed by atoms with E-state index in [9.17, 15) is 0 Å². The Labute approximate surface area is 84.4 Å². The molecule has 0 saturated carbocycles. The van der Waals surface area contributed by atoms with Gasteiger partial charge in [-0.25, -0.2) is 0 Å². The number of nitrogens with one attached hydrogen (secondary N) is 1. The number of hydrogen-bond donors (Lipinski definition) is 1. The summed E-state index contributed by atoms with van der Waals surface area (Å²) in [5.74, 6) is 0. The molecule has 0 spiro atoms. The van der Waals surface area contributed by atoms with Gasteiger partial charge < -0.3 is 5.32 Å². The first-order valence-corrected chi connectivity index (χ1v) is 3.48. The van der Waals surface area contributed by atoms with Crippen molar-refractivity contribution in [1.82, 2.24) is 10.3 Å². The molecule has 1 heterocycles. The Bertz CT molecular complexity index is 177. The van der Waals surface area contributed by atoms with Gasteiger partial charge in [-0.1, -0.05) is 6.07 Å². The van der Waals surface area contributed by atoms with Crippen LogP contribution in [0.15, 0.2) is 24.4 Å². The van der Waals surface area contributed by atoms with Crippen LogP contribution in [0.1, 0.15) is 5.69 Å². The van der Waals surface area contributed by atoms with Crippen LogP contribution < -0.4 is 5.32 Å². The summed E-state index contributed by atoms with van der Waals surface area (Å²) in [6.45, 7) is 0.997. The summed E-state index contributed by atoms with van der Waals surface area (Å²) in [5.41, 5.74) is 1.15. The molecular weight excluding hydrogens is 251 g/mol. The van der Waals surface area contributed by atoms with Gasteiger partial charge in [0.2, 0.25) is 0 Å². The lowest BCUT2D eigenvalue weighted by molar-refractivity contribution is 0.776. The van der Waals surface area contributed by atoms with Crippen molar-refractivity contribution >= 4 is 24.0 Å². The van der Waals surface area contributed by atoms with Crippen LogP contribution in [0, 0.1) is 0 Å². The predicted molar refractivity (Wildman–Crippen MR) is 57.3 cm³/mol. The topological polar surface area (TPSA) is 24.9 Å². The van der Waals surface area contributed by atoms with E-state index in [0.29, 0.717) is 0 Å². The highest BCUT2D eigenvalue weighted by Gasteiger charge is 1.88. The van der Waals surface area contributed by atoms with Crippen LogP contribution in [-0.2, 0) is 6.42 Å². The van der Waals surface area contributed by atoms with E-state index in [1.807, 2.05) is 31.4 Å². The fraction of sp³-hybridized carbons (Fsp3) is 0.375. The maximum atomic E-state index is 4.18. The zero-order valence-corrected chi connectivity index (χ0v) is 8.91. The highest BCUT2D eigenvalue weighted by molar-refractivity contribution is 14.0. The number of aromatic nitrogens is 1. The van der Waals surface area contributed by atoms with Gasteiger partial charge in [0.15, 0.2) is 0 Å². The lowest BCUT2D eigenvalue weighted by Gasteiger charge is -1.96. The normalized spacial score (nSPS) is 8.82. The molecule has 0 atom stereocenters. The van der Waals surface area contributed by atoms with Crippen molar-refractivity contribution in [3.05, 3.63) is 30.1 Å². The Hall–Kier alpha value is -0.160. The summed E-state index contributed by atoms with van der Waals surface area (Å²) >= 11 is 0. The maximum Gasteiger partial charge on any atom is 0.0416 e. The average Bonchev–Trinajstić information content (AvgIpc) is 2.03. The maximum absolute atomic E-state index is 4.18. The van der Waals surface area contributed by atoms with Crippen molar-refractivity contribution in [2.75, 3.05) is 13.6 Å². The zero-order chi connectivity index (χ0) is 7.23. The fourth-order valence-corrected chi connectivity index (χ4v) is 0.799. The minimum atomic E-state index is 0. The van der Waals surface area contributed by atoms with Crippen LogP contribution in [-0.4, -0.2) is 18.6 Å². The summed E-state index contributed by atoms with van der Waals surface area (Å²) in [6, 6.07) is 5.98. The molecule has 0 fully saturated rings. The Morgan fingerprint density at radius 3 is 2.82 bits per heavy atom. The number of halogens is 1. The molecule has 3 heteroatoms. The Morgan fingerprint density at radius 1 is 1.45 bits per heavy atom. The molecule has 0 amide bonds. The van der Waals surface area contributed by atoms with E-state index >= 15 is 0 Å². The zero-order valence-electron chi connectivity index (χ0n) is 6.58. The molecule has 0 aliphatic heterocycles. The molecule has 0 aliphatic rings. The van der Waals surface area contributed by atoms with Gasteiger partial charge in [-0.05, 0) is 19.2 Å². The first-order valence-electron chi connectivity index (χ1n) is 3.48. The van der Waals surface area contributed by atoms with Crippen LogP contribution in [0.25, 0.3) is 0 Å². The van der Waals surface area contributed by atoms with Gasteiger partial charge in [0, 0.05) is 24.9 Å².